The lowest BCUT2D eigenvalue weighted by Gasteiger charge is -2.21. The lowest BCUT2D eigenvalue weighted by atomic mass is 10.2. The summed E-state index contributed by atoms with van der Waals surface area (Å²) >= 11 is 0. The van der Waals surface area contributed by atoms with Crippen LogP contribution in [0.5, 0.6) is 0 Å². The average Bonchev–Trinajstić information content (AvgIpc) is 2.49. The molecule has 0 saturated heterocycles. The van der Waals surface area contributed by atoms with Crippen LogP contribution in [0.3, 0.4) is 0 Å². The first kappa shape index (κ1) is 18.1. The van der Waals surface area contributed by atoms with Gasteiger partial charge in [0.15, 0.2) is 9.84 Å². The predicted octanol–water partition coefficient (Wildman–Crippen LogP) is 0.173. The van der Waals surface area contributed by atoms with Gasteiger partial charge in [-0.1, -0.05) is 12.1 Å². The first-order valence-corrected chi connectivity index (χ1v) is 7.71. The number of benzene rings is 1. The molecule has 1 atom stereocenters. The average molecular weight is 333 g/mol. The van der Waals surface area contributed by atoms with Gasteiger partial charge in [0.2, 0.25) is 0 Å². The van der Waals surface area contributed by atoms with Gasteiger partial charge in [0.25, 0.3) is 5.25 Å². The first-order chi connectivity index (χ1) is 10.3. The molecule has 0 aliphatic carbocycles. The maximum atomic E-state index is 13.0. The Morgan fingerprint density at radius 2 is 1.55 bits per heavy atom. The van der Waals surface area contributed by atoms with Gasteiger partial charge < -0.3 is 14.8 Å². The summed E-state index contributed by atoms with van der Waals surface area (Å²) < 4.78 is 46.9. The maximum Gasteiger partial charge on any atom is 0.335 e. The van der Waals surface area contributed by atoms with E-state index in [2.05, 4.69) is 14.8 Å². The number of carbonyl (C=O) groups excluding carboxylic acids is 2. The molecule has 1 unspecified atom stereocenters. The summed E-state index contributed by atoms with van der Waals surface area (Å²) in [5.74, 6) is -3.06. The molecule has 0 aromatic heterocycles. The summed E-state index contributed by atoms with van der Waals surface area (Å²) in [6.07, 6.45) is 0. The van der Waals surface area contributed by atoms with E-state index in [0.29, 0.717) is 0 Å². The zero-order valence-corrected chi connectivity index (χ0v) is 13.0. The number of esters is 2. The quantitative estimate of drug-likeness (QED) is 0.585. The largest absolute Gasteiger partial charge is 0.468 e. The second-order valence-corrected chi connectivity index (χ2v) is 6.36. The lowest BCUT2D eigenvalue weighted by molar-refractivity contribution is -0.150. The van der Waals surface area contributed by atoms with Crippen molar-refractivity contribution in [2.24, 2.45) is 0 Å². The Morgan fingerprint density at radius 1 is 1.09 bits per heavy atom. The van der Waals surface area contributed by atoms with Gasteiger partial charge in [-0.05, 0) is 24.7 Å². The Hall–Kier alpha value is -2.00. The van der Waals surface area contributed by atoms with Crippen LogP contribution in [0.15, 0.2) is 24.3 Å². The highest BCUT2D eigenvalue weighted by atomic mass is 32.2. The number of rotatable bonds is 6. The van der Waals surface area contributed by atoms with Crippen molar-refractivity contribution in [3.05, 3.63) is 35.6 Å². The van der Waals surface area contributed by atoms with Gasteiger partial charge in [-0.15, -0.1) is 0 Å². The Balaban J connectivity index is 3.34. The smallest absolute Gasteiger partial charge is 0.335 e. The molecule has 1 N–H and O–H groups in total. The summed E-state index contributed by atoms with van der Waals surface area (Å²) in [6.45, 7) is 0. The molecule has 0 spiro atoms. The Kier molecular flexibility index (Phi) is 6.01. The predicted molar refractivity (Wildman–Crippen MR) is 74.9 cm³/mol. The molecule has 0 saturated carbocycles. The van der Waals surface area contributed by atoms with E-state index in [9.17, 15) is 22.4 Å². The van der Waals surface area contributed by atoms with Crippen LogP contribution in [0.25, 0.3) is 0 Å². The van der Waals surface area contributed by atoms with E-state index in [0.717, 1.165) is 26.4 Å². The SMILES string of the molecule is CNC(c1ccc(F)cc1)S(=O)(=O)C(C(=O)OC)C(=O)OC. The molecule has 122 valence electrons. The number of hydrogen-bond acceptors (Lipinski definition) is 7. The highest BCUT2D eigenvalue weighted by molar-refractivity contribution is 7.93. The highest BCUT2D eigenvalue weighted by Gasteiger charge is 2.46. The number of nitrogens with one attached hydrogen (secondary N) is 1. The zero-order chi connectivity index (χ0) is 16.9. The van der Waals surface area contributed by atoms with Crippen molar-refractivity contribution in [1.82, 2.24) is 5.32 Å². The molecule has 0 amide bonds. The van der Waals surface area contributed by atoms with E-state index < -0.39 is 38.2 Å². The normalized spacial score (nSPS) is 12.8. The molecule has 1 aromatic carbocycles. The molecule has 7 nitrogen and oxygen atoms in total. The number of sulfone groups is 1. The van der Waals surface area contributed by atoms with Crippen molar-refractivity contribution in [2.45, 2.75) is 10.6 Å². The molecule has 22 heavy (non-hydrogen) atoms. The minimum Gasteiger partial charge on any atom is -0.468 e. The number of methoxy groups -OCH3 is 2. The number of ether oxygens (including phenoxy) is 2. The van der Waals surface area contributed by atoms with Crippen molar-refractivity contribution in [2.75, 3.05) is 21.3 Å². The van der Waals surface area contributed by atoms with Gasteiger partial charge in [-0.25, -0.2) is 12.8 Å². The minimum atomic E-state index is -4.38. The van der Waals surface area contributed by atoms with Crippen molar-refractivity contribution in [1.29, 1.82) is 0 Å². The molecule has 0 fully saturated rings. The monoisotopic (exact) mass is 333 g/mol. The molecule has 0 radical (unpaired) electrons. The van der Waals surface area contributed by atoms with Crippen LogP contribution in [0.1, 0.15) is 10.9 Å². The second-order valence-electron chi connectivity index (χ2n) is 4.24. The fourth-order valence-electron chi connectivity index (χ4n) is 1.87. The van der Waals surface area contributed by atoms with Crippen molar-refractivity contribution in [3.8, 4) is 0 Å². The standard InChI is InChI=1S/C13H16FNO6S/c1-15-11(8-4-6-9(14)7-5-8)22(18,19)10(12(16)20-2)13(17)21-3/h4-7,10-11,15H,1-3H3. The molecule has 1 aromatic rings. The van der Waals surface area contributed by atoms with E-state index in [1.54, 1.807) is 0 Å². The van der Waals surface area contributed by atoms with Crippen molar-refractivity contribution < 1.29 is 31.9 Å². The summed E-state index contributed by atoms with van der Waals surface area (Å²) in [7, 11) is -1.14. The fourth-order valence-corrected chi connectivity index (χ4v) is 3.74. The Bertz CT molecular complexity index is 627. The first-order valence-electron chi connectivity index (χ1n) is 6.10. The van der Waals surface area contributed by atoms with E-state index in [4.69, 9.17) is 0 Å². The molecule has 0 bridgehead atoms. The maximum absolute atomic E-state index is 13.0. The Morgan fingerprint density at radius 3 is 1.91 bits per heavy atom. The molecular formula is C13H16FNO6S. The van der Waals surface area contributed by atoms with E-state index >= 15 is 0 Å². The summed E-state index contributed by atoms with van der Waals surface area (Å²) in [6, 6.07) is 4.61. The summed E-state index contributed by atoms with van der Waals surface area (Å²) in [5.41, 5.74) is 0.168. The van der Waals surface area contributed by atoms with Gasteiger partial charge in [-0.2, -0.15) is 0 Å². The van der Waals surface area contributed by atoms with Crippen LogP contribution in [0.2, 0.25) is 0 Å². The van der Waals surface area contributed by atoms with Crippen LogP contribution >= 0.6 is 0 Å². The fraction of sp³-hybridized carbons (Fsp3) is 0.385. The van der Waals surface area contributed by atoms with Gasteiger partial charge in [0.05, 0.1) is 14.2 Å². The summed E-state index contributed by atoms with van der Waals surface area (Å²) in [5, 5.41) is -1.05. The summed E-state index contributed by atoms with van der Waals surface area (Å²) in [4.78, 5) is 23.3. The van der Waals surface area contributed by atoms with Gasteiger partial charge >= 0.3 is 11.9 Å². The van der Waals surface area contributed by atoms with Crippen LogP contribution in [-0.4, -0.2) is 46.9 Å². The zero-order valence-electron chi connectivity index (χ0n) is 12.2. The van der Waals surface area contributed by atoms with Crippen molar-refractivity contribution in [3.63, 3.8) is 0 Å². The van der Waals surface area contributed by atoms with Crippen LogP contribution < -0.4 is 5.32 Å². The number of carbonyl (C=O) groups is 2. The van der Waals surface area contributed by atoms with Gasteiger partial charge in [-0.3, -0.25) is 9.59 Å². The molecule has 0 heterocycles. The van der Waals surface area contributed by atoms with E-state index in [-0.39, 0.29) is 5.56 Å². The number of hydrogen-bond donors (Lipinski definition) is 1. The molecule has 1 rings (SSSR count). The highest BCUT2D eigenvalue weighted by Crippen LogP contribution is 2.25. The Labute approximate surface area is 127 Å². The third-order valence-electron chi connectivity index (χ3n) is 2.92. The number of halogens is 1. The van der Waals surface area contributed by atoms with Crippen molar-refractivity contribution >= 4 is 21.8 Å². The van der Waals surface area contributed by atoms with Gasteiger partial charge in [0.1, 0.15) is 11.2 Å². The van der Waals surface area contributed by atoms with Crippen LogP contribution in [0, 0.1) is 5.82 Å². The molecule has 9 heteroatoms. The third-order valence-corrected chi connectivity index (χ3v) is 5.13. The second kappa shape index (κ2) is 7.32. The molecule has 0 aliphatic rings. The van der Waals surface area contributed by atoms with E-state index in [1.807, 2.05) is 0 Å². The molecule has 0 aliphatic heterocycles. The van der Waals surface area contributed by atoms with E-state index in [1.165, 1.54) is 19.2 Å². The molecular weight excluding hydrogens is 317 g/mol. The van der Waals surface area contributed by atoms with Crippen LogP contribution in [-0.2, 0) is 28.9 Å². The lowest BCUT2D eigenvalue weighted by Crippen LogP contribution is -2.44. The topological polar surface area (TPSA) is 98.8 Å². The van der Waals surface area contributed by atoms with Gasteiger partial charge in [0, 0.05) is 0 Å². The third kappa shape index (κ3) is 3.60. The minimum absolute atomic E-state index is 0.168. The van der Waals surface area contributed by atoms with Crippen LogP contribution in [0.4, 0.5) is 4.39 Å².